The van der Waals surface area contributed by atoms with Crippen LogP contribution in [0.4, 0.5) is 0 Å². The minimum Gasteiger partial charge on any atom is -0.462 e. The molecule has 0 saturated carbocycles. The van der Waals surface area contributed by atoms with E-state index in [9.17, 15) is 4.79 Å². The van der Waals surface area contributed by atoms with Gasteiger partial charge in [0.1, 0.15) is 6.10 Å². The van der Waals surface area contributed by atoms with E-state index in [0.29, 0.717) is 6.42 Å². The third-order valence-corrected chi connectivity index (χ3v) is 5.03. The molecule has 0 atom stereocenters. The van der Waals surface area contributed by atoms with E-state index in [0.717, 1.165) is 19.3 Å². The number of benzene rings is 1. The number of hydrogen-bond donors (Lipinski definition) is 0. The third kappa shape index (κ3) is 4.10. The lowest BCUT2D eigenvalue weighted by atomic mass is 9.79. The zero-order valence-corrected chi connectivity index (χ0v) is 14.6. The molecule has 0 N–H and O–H groups in total. The molecule has 0 aromatic heterocycles. The number of nitrogens with zero attached hydrogens (tertiary/aromatic N) is 1. The van der Waals surface area contributed by atoms with Crippen LogP contribution in [0.25, 0.3) is 0 Å². The first kappa shape index (κ1) is 17.0. The second kappa shape index (κ2) is 6.41. The summed E-state index contributed by atoms with van der Waals surface area (Å²) in [7, 11) is 2.16. The van der Waals surface area contributed by atoms with Gasteiger partial charge in [0.05, 0.1) is 0 Å². The molecule has 0 amide bonds. The molecule has 1 aliphatic heterocycles. The Morgan fingerprint density at radius 1 is 1.14 bits per heavy atom. The summed E-state index contributed by atoms with van der Waals surface area (Å²) in [6.45, 7) is 8.88. The van der Waals surface area contributed by atoms with Gasteiger partial charge in [0.25, 0.3) is 0 Å². The molecule has 122 valence electrons. The van der Waals surface area contributed by atoms with Crippen molar-refractivity contribution in [1.29, 1.82) is 0 Å². The average molecular weight is 303 g/mol. The van der Waals surface area contributed by atoms with Crippen molar-refractivity contribution in [2.75, 3.05) is 7.05 Å². The van der Waals surface area contributed by atoms with Crippen LogP contribution in [0.1, 0.15) is 52.5 Å². The number of carbonyl (C=O) groups is 1. The SMILES string of the molecule is CN1C(C)(C)CC(OC(=O)CCc2ccccc2)CC1(C)C. The van der Waals surface area contributed by atoms with Gasteiger partial charge in [-0.3, -0.25) is 9.69 Å². The average Bonchev–Trinajstić information content (AvgIpc) is 2.43. The molecule has 1 aromatic carbocycles. The van der Waals surface area contributed by atoms with Gasteiger partial charge < -0.3 is 4.74 Å². The second-order valence-electron chi connectivity index (χ2n) is 7.69. The van der Waals surface area contributed by atoms with Crippen LogP contribution in [0.5, 0.6) is 0 Å². The summed E-state index contributed by atoms with van der Waals surface area (Å²) in [5, 5.41) is 0. The summed E-state index contributed by atoms with van der Waals surface area (Å²) >= 11 is 0. The van der Waals surface area contributed by atoms with Gasteiger partial charge in [-0.1, -0.05) is 30.3 Å². The van der Waals surface area contributed by atoms with Crippen molar-refractivity contribution in [1.82, 2.24) is 4.90 Å². The number of rotatable bonds is 4. The predicted molar refractivity (Wildman–Crippen MR) is 89.8 cm³/mol. The monoisotopic (exact) mass is 303 g/mol. The highest BCUT2D eigenvalue weighted by Gasteiger charge is 2.44. The summed E-state index contributed by atoms with van der Waals surface area (Å²) in [4.78, 5) is 14.5. The van der Waals surface area contributed by atoms with Crippen molar-refractivity contribution in [3.63, 3.8) is 0 Å². The Kier molecular flexibility index (Phi) is 4.96. The first-order valence-corrected chi connectivity index (χ1v) is 8.18. The largest absolute Gasteiger partial charge is 0.462 e. The van der Waals surface area contributed by atoms with Gasteiger partial charge in [-0.15, -0.1) is 0 Å². The Morgan fingerprint density at radius 2 is 1.68 bits per heavy atom. The molecule has 0 spiro atoms. The fraction of sp³-hybridized carbons (Fsp3) is 0.632. The predicted octanol–water partition coefficient (Wildman–Crippen LogP) is 3.81. The van der Waals surface area contributed by atoms with E-state index in [4.69, 9.17) is 4.74 Å². The molecule has 22 heavy (non-hydrogen) atoms. The molecule has 2 rings (SSSR count). The zero-order valence-electron chi connectivity index (χ0n) is 14.6. The molecule has 0 aliphatic carbocycles. The molecule has 0 radical (unpaired) electrons. The maximum absolute atomic E-state index is 12.2. The smallest absolute Gasteiger partial charge is 0.306 e. The van der Waals surface area contributed by atoms with Crippen LogP contribution in [0.3, 0.4) is 0 Å². The van der Waals surface area contributed by atoms with Gasteiger partial charge in [-0.05, 0) is 46.7 Å². The number of esters is 1. The Hall–Kier alpha value is -1.35. The van der Waals surface area contributed by atoms with Crippen molar-refractivity contribution in [3.05, 3.63) is 35.9 Å². The lowest BCUT2D eigenvalue weighted by molar-refractivity contribution is -0.158. The number of likely N-dealkylation sites (tertiary alicyclic amines) is 1. The van der Waals surface area contributed by atoms with Crippen molar-refractivity contribution in [2.24, 2.45) is 0 Å². The van der Waals surface area contributed by atoms with Crippen molar-refractivity contribution >= 4 is 5.97 Å². The number of hydrogen-bond acceptors (Lipinski definition) is 3. The molecule has 1 saturated heterocycles. The Bertz CT molecular complexity index is 489. The van der Waals surface area contributed by atoms with E-state index < -0.39 is 0 Å². The zero-order chi connectivity index (χ0) is 16.4. The van der Waals surface area contributed by atoms with Crippen LogP contribution in [0.2, 0.25) is 0 Å². The summed E-state index contributed by atoms with van der Waals surface area (Å²) in [5.41, 5.74) is 1.28. The molecule has 1 aromatic rings. The molecule has 1 fully saturated rings. The standard InChI is InChI=1S/C19H29NO2/c1-18(2)13-16(14-19(3,4)20(18)5)22-17(21)12-11-15-9-7-6-8-10-15/h6-10,16H,11-14H2,1-5H3. The van der Waals surface area contributed by atoms with E-state index in [-0.39, 0.29) is 23.2 Å². The summed E-state index contributed by atoms with van der Waals surface area (Å²) < 4.78 is 5.77. The van der Waals surface area contributed by atoms with Gasteiger partial charge >= 0.3 is 5.97 Å². The Balaban J connectivity index is 1.89. The van der Waals surface area contributed by atoms with Crippen LogP contribution in [-0.4, -0.2) is 35.1 Å². The molecule has 3 nitrogen and oxygen atoms in total. The van der Waals surface area contributed by atoms with Gasteiger partial charge in [0, 0.05) is 30.3 Å². The minimum atomic E-state index is -0.0787. The van der Waals surface area contributed by atoms with Gasteiger partial charge in [0.2, 0.25) is 0 Å². The van der Waals surface area contributed by atoms with E-state index in [1.165, 1.54) is 5.56 Å². The molecule has 3 heteroatoms. The summed E-state index contributed by atoms with van der Waals surface area (Å²) in [5.74, 6) is -0.0787. The topological polar surface area (TPSA) is 29.5 Å². The fourth-order valence-corrected chi connectivity index (χ4v) is 3.50. The summed E-state index contributed by atoms with van der Waals surface area (Å²) in [6, 6.07) is 10.1. The Labute approximate surface area is 134 Å². The van der Waals surface area contributed by atoms with Crippen LogP contribution in [0.15, 0.2) is 30.3 Å². The van der Waals surface area contributed by atoms with E-state index in [1.54, 1.807) is 0 Å². The second-order valence-corrected chi connectivity index (χ2v) is 7.69. The van der Waals surface area contributed by atoms with Crippen molar-refractivity contribution in [2.45, 2.75) is 70.6 Å². The highest BCUT2D eigenvalue weighted by Crippen LogP contribution is 2.38. The van der Waals surface area contributed by atoms with Crippen molar-refractivity contribution in [3.8, 4) is 0 Å². The van der Waals surface area contributed by atoms with E-state index in [2.05, 4.69) is 51.8 Å². The molecule has 1 aliphatic rings. The van der Waals surface area contributed by atoms with Gasteiger partial charge in [-0.25, -0.2) is 0 Å². The molecule has 1 heterocycles. The van der Waals surface area contributed by atoms with Crippen LogP contribution < -0.4 is 0 Å². The van der Waals surface area contributed by atoms with E-state index in [1.807, 2.05) is 18.2 Å². The lowest BCUT2D eigenvalue weighted by Gasteiger charge is -2.53. The van der Waals surface area contributed by atoms with Crippen LogP contribution in [-0.2, 0) is 16.0 Å². The number of aryl methyl sites for hydroxylation is 1. The highest BCUT2D eigenvalue weighted by atomic mass is 16.5. The number of piperidine rings is 1. The fourth-order valence-electron chi connectivity index (χ4n) is 3.50. The molecular formula is C19H29NO2. The lowest BCUT2D eigenvalue weighted by Crippen LogP contribution is -2.60. The summed E-state index contributed by atoms with van der Waals surface area (Å²) in [6.07, 6.45) is 3.01. The highest BCUT2D eigenvalue weighted by molar-refractivity contribution is 5.70. The first-order valence-electron chi connectivity index (χ1n) is 8.18. The Morgan fingerprint density at radius 3 is 2.23 bits per heavy atom. The molecular weight excluding hydrogens is 274 g/mol. The third-order valence-electron chi connectivity index (χ3n) is 5.03. The van der Waals surface area contributed by atoms with Crippen molar-refractivity contribution < 1.29 is 9.53 Å². The van der Waals surface area contributed by atoms with Gasteiger partial charge in [0.15, 0.2) is 0 Å². The van der Waals surface area contributed by atoms with Crippen LogP contribution in [0, 0.1) is 0 Å². The minimum absolute atomic E-state index is 0.0180. The number of carbonyl (C=O) groups excluding carboxylic acids is 1. The number of ether oxygens (including phenoxy) is 1. The quantitative estimate of drug-likeness (QED) is 0.792. The van der Waals surface area contributed by atoms with E-state index >= 15 is 0 Å². The maximum atomic E-state index is 12.2. The molecule has 0 bridgehead atoms. The first-order chi connectivity index (χ1) is 10.2. The normalized spacial score (nSPS) is 21.5. The van der Waals surface area contributed by atoms with Gasteiger partial charge in [-0.2, -0.15) is 0 Å². The van der Waals surface area contributed by atoms with Crippen LogP contribution >= 0.6 is 0 Å². The molecule has 0 unspecified atom stereocenters. The maximum Gasteiger partial charge on any atom is 0.306 e.